The van der Waals surface area contributed by atoms with E-state index in [9.17, 15) is 28.2 Å². The number of carbonyl (C=O) groups is 1. The molecule has 26 heavy (non-hydrogen) atoms. The number of hydrogen-bond donors (Lipinski definition) is 4. The van der Waals surface area contributed by atoms with E-state index in [0.717, 1.165) is 6.33 Å². The van der Waals surface area contributed by atoms with E-state index in [0.29, 0.717) is 0 Å². The molecule has 0 saturated carbocycles. The molecule has 1 amide bonds. The maximum Gasteiger partial charge on any atom is 0.471 e. The van der Waals surface area contributed by atoms with Gasteiger partial charge in [0.25, 0.3) is 0 Å². The summed E-state index contributed by atoms with van der Waals surface area (Å²) in [5.41, 5.74) is 5.96. The summed E-state index contributed by atoms with van der Waals surface area (Å²) in [6.45, 7) is -0.972. The molecule has 1 fully saturated rings. The number of halogens is 3. The molecule has 2 aromatic heterocycles. The first-order chi connectivity index (χ1) is 12.2. The van der Waals surface area contributed by atoms with Crippen LogP contribution in [0.4, 0.5) is 19.0 Å². The van der Waals surface area contributed by atoms with Gasteiger partial charge in [0.2, 0.25) is 0 Å². The zero-order chi connectivity index (χ0) is 19.1. The smallest absolute Gasteiger partial charge is 0.394 e. The van der Waals surface area contributed by atoms with Gasteiger partial charge in [-0.3, -0.25) is 4.79 Å². The van der Waals surface area contributed by atoms with Gasteiger partial charge in [0, 0.05) is 6.42 Å². The fraction of sp³-hybridized carbons (Fsp3) is 0.538. The van der Waals surface area contributed by atoms with Crippen molar-refractivity contribution < 1.29 is 32.9 Å². The first kappa shape index (κ1) is 18.3. The maximum atomic E-state index is 12.4. The molecule has 1 aliphatic heterocycles. The fourth-order valence-electron chi connectivity index (χ4n) is 2.68. The predicted molar refractivity (Wildman–Crippen MR) is 79.3 cm³/mol. The summed E-state index contributed by atoms with van der Waals surface area (Å²) < 4.78 is 43.8. The number of aliphatic hydroxyl groups is 2. The molecule has 10 nitrogen and oxygen atoms in total. The average Bonchev–Trinajstić information content (AvgIpc) is 3.12. The van der Waals surface area contributed by atoms with Crippen molar-refractivity contribution in [1.29, 1.82) is 0 Å². The Labute approximate surface area is 143 Å². The second kappa shape index (κ2) is 6.66. The number of ether oxygens (including phenoxy) is 1. The van der Waals surface area contributed by atoms with Gasteiger partial charge in [-0.05, 0) is 0 Å². The summed E-state index contributed by atoms with van der Waals surface area (Å²) >= 11 is 0. The summed E-state index contributed by atoms with van der Waals surface area (Å²) in [6.07, 6.45) is -6.40. The number of alkyl halides is 3. The van der Waals surface area contributed by atoms with Crippen LogP contribution in [0.5, 0.6) is 0 Å². The van der Waals surface area contributed by atoms with Gasteiger partial charge in [-0.25, -0.2) is 14.6 Å². The van der Waals surface area contributed by atoms with E-state index in [1.807, 2.05) is 0 Å². The van der Waals surface area contributed by atoms with Crippen molar-refractivity contribution in [2.24, 2.45) is 0 Å². The van der Waals surface area contributed by atoms with Crippen molar-refractivity contribution in [2.45, 2.75) is 37.6 Å². The lowest BCUT2D eigenvalue weighted by molar-refractivity contribution is -0.173. The van der Waals surface area contributed by atoms with Crippen LogP contribution in [0.25, 0.3) is 11.0 Å². The number of nitrogens with one attached hydrogen (secondary N) is 1. The molecule has 2 aromatic rings. The molecule has 1 aliphatic rings. The van der Waals surface area contributed by atoms with Crippen LogP contribution in [0, 0.1) is 0 Å². The Morgan fingerprint density at radius 1 is 1.46 bits per heavy atom. The van der Waals surface area contributed by atoms with E-state index in [1.165, 1.54) is 4.68 Å². The monoisotopic (exact) mass is 376 g/mol. The third-order valence-electron chi connectivity index (χ3n) is 3.92. The highest BCUT2D eigenvalue weighted by molar-refractivity contribution is 5.89. The van der Waals surface area contributed by atoms with Gasteiger partial charge in [0.15, 0.2) is 11.9 Å². The summed E-state index contributed by atoms with van der Waals surface area (Å²) in [4.78, 5) is 18.8. The molecule has 3 atom stereocenters. The average molecular weight is 376 g/mol. The van der Waals surface area contributed by atoms with E-state index in [1.54, 1.807) is 5.32 Å². The Morgan fingerprint density at radius 2 is 2.19 bits per heavy atom. The molecule has 0 bridgehead atoms. The highest BCUT2D eigenvalue weighted by atomic mass is 19.4. The second-order valence-corrected chi connectivity index (χ2v) is 5.64. The molecule has 3 heterocycles. The first-order valence-electron chi connectivity index (χ1n) is 7.49. The molecule has 0 aliphatic carbocycles. The van der Waals surface area contributed by atoms with Crippen molar-refractivity contribution in [1.82, 2.24) is 25.1 Å². The molecule has 5 N–H and O–H groups in total. The van der Waals surface area contributed by atoms with Gasteiger partial charge in [-0.2, -0.15) is 18.3 Å². The molecule has 1 saturated heterocycles. The molecule has 0 spiro atoms. The number of nitrogen functional groups attached to an aromatic ring is 1. The normalized spacial score (nSPS) is 23.5. The number of amides is 1. The van der Waals surface area contributed by atoms with Gasteiger partial charge < -0.3 is 26.0 Å². The zero-order valence-corrected chi connectivity index (χ0v) is 13.1. The van der Waals surface area contributed by atoms with E-state index >= 15 is 0 Å². The van der Waals surface area contributed by atoms with Crippen molar-refractivity contribution in [3.8, 4) is 0 Å². The molecule has 142 valence electrons. The lowest BCUT2D eigenvalue weighted by Crippen LogP contribution is -2.36. The van der Waals surface area contributed by atoms with Crippen LogP contribution < -0.4 is 11.1 Å². The molecule has 3 rings (SSSR count). The molecule has 0 aromatic carbocycles. The SMILES string of the molecule is Nc1ncnc2c1c(CNC(=O)C(F)(F)F)nn2C1CC(O)C(CO)O1. The van der Waals surface area contributed by atoms with Gasteiger partial charge >= 0.3 is 12.1 Å². The lowest BCUT2D eigenvalue weighted by Gasteiger charge is -2.12. The van der Waals surface area contributed by atoms with Crippen LogP contribution in [0.3, 0.4) is 0 Å². The van der Waals surface area contributed by atoms with Crippen molar-refractivity contribution in [2.75, 3.05) is 12.3 Å². The number of nitrogens with two attached hydrogens (primary N) is 1. The van der Waals surface area contributed by atoms with Crippen molar-refractivity contribution >= 4 is 22.8 Å². The van der Waals surface area contributed by atoms with Crippen LogP contribution in [-0.4, -0.2) is 60.9 Å². The van der Waals surface area contributed by atoms with Crippen LogP contribution in [0.15, 0.2) is 6.33 Å². The van der Waals surface area contributed by atoms with Gasteiger partial charge in [0.05, 0.1) is 30.3 Å². The Balaban J connectivity index is 1.94. The van der Waals surface area contributed by atoms with Crippen LogP contribution >= 0.6 is 0 Å². The molecule has 13 heteroatoms. The summed E-state index contributed by atoms with van der Waals surface area (Å²) in [7, 11) is 0. The minimum Gasteiger partial charge on any atom is -0.394 e. The second-order valence-electron chi connectivity index (χ2n) is 5.64. The maximum absolute atomic E-state index is 12.4. The van der Waals surface area contributed by atoms with E-state index in [2.05, 4.69) is 15.1 Å². The lowest BCUT2D eigenvalue weighted by atomic mass is 10.2. The highest BCUT2D eigenvalue weighted by Gasteiger charge is 2.39. The van der Waals surface area contributed by atoms with Gasteiger partial charge in [0.1, 0.15) is 18.2 Å². The number of carbonyl (C=O) groups excluding carboxylic acids is 1. The third-order valence-corrected chi connectivity index (χ3v) is 3.92. The number of fused-ring (bicyclic) bond motifs is 1. The number of rotatable bonds is 4. The van der Waals surface area contributed by atoms with Crippen molar-refractivity contribution in [3.63, 3.8) is 0 Å². The topological polar surface area (TPSA) is 148 Å². The zero-order valence-electron chi connectivity index (χ0n) is 13.1. The first-order valence-corrected chi connectivity index (χ1v) is 7.49. The Hall–Kier alpha value is -2.51. The number of aromatic nitrogens is 4. The minimum atomic E-state index is -5.03. The number of nitrogens with zero attached hydrogens (tertiary/aromatic N) is 4. The molecular formula is C13H15F3N6O4. The van der Waals surface area contributed by atoms with E-state index in [-0.39, 0.29) is 29.0 Å². The third kappa shape index (κ3) is 3.27. The van der Waals surface area contributed by atoms with Crippen molar-refractivity contribution in [3.05, 3.63) is 12.0 Å². The standard InChI is InChI=1S/C13H15F3N6O4/c14-13(15,16)12(25)18-2-5-9-10(17)19-4-20-11(9)22(21-5)8-1-6(24)7(3-23)26-8/h4,6-8,23-24H,1-3H2,(H,18,25)(H2,17,19,20). The number of anilines is 1. The Morgan fingerprint density at radius 3 is 2.81 bits per heavy atom. The summed E-state index contributed by atoms with van der Waals surface area (Å²) in [6, 6.07) is 0. The van der Waals surface area contributed by atoms with Crippen LogP contribution in [0.1, 0.15) is 18.3 Å². The van der Waals surface area contributed by atoms with Crippen LogP contribution in [0.2, 0.25) is 0 Å². The Bertz CT molecular complexity index is 826. The molecule has 3 unspecified atom stereocenters. The molecular weight excluding hydrogens is 361 g/mol. The quantitative estimate of drug-likeness (QED) is 0.543. The molecule has 0 radical (unpaired) electrons. The van der Waals surface area contributed by atoms with Gasteiger partial charge in [-0.15, -0.1) is 0 Å². The number of aliphatic hydroxyl groups excluding tert-OH is 2. The van der Waals surface area contributed by atoms with Gasteiger partial charge in [-0.1, -0.05) is 0 Å². The summed E-state index contributed by atoms with van der Waals surface area (Å²) in [5.74, 6) is -2.15. The summed E-state index contributed by atoms with van der Waals surface area (Å²) in [5, 5.41) is 25.0. The predicted octanol–water partition coefficient (Wildman–Crippen LogP) is -0.772. The fourth-order valence-corrected chi connectivity index (χ4v) is 2.68. The van der Waals surface area contributed by atoms with Crippen LogP contribution in [-0.2, 0) is 16.1 Å². The van der Waals surface area contributed by atoms with E-state index < -0.39 is 43.7 Å². The Kier molecular flexibility index (Phi) is 4.68. The largest absolute Gasteiger partial charge is 0.471 e. The van der Waals surface area contributed by atoms with E-state index in [4.69, 9.17) is 10.5 Å². The minimum absolute atomic E-state index is 0.0150. The highest BCUT2D eigenvalue weighted by Crippen LogP contribution is 2.32. The number of hydrogen-bond acceptors (Lipinski definition) is 8.